The topological polar surface area (TPSA) is 87.6 Å². The molecular weight excluding hydrogens is 343 g/mol. The van der Waals surface area contributed by atoms with Crippen molar-refractivity contribution in [2.75, 3.05) is 0 Å². The lowest BCUT2D eigenvalue weighted by molar-refractivity contribution is 0.418. The van der Waals surface area contributed by atoms with Crippen LogP contribution in [-0.4, -0.2) is 20.1 Å². The molecule has 3 aromatic heterocycles. The van der Waals surface area contributed by atoms with Gasteiger partial charge >= 0.3 is 0 Å². The van der Waals surface area contributed by atoms with E-state index in [2.05, 4.69) is 20.1 Å². The lowest BCUT2D eigenvalue weighted by Gasteiger charge is -2.05. The minimum atomic E-state index is -0.397. The molecule has 0 spiro atoms. The Labute approximate surface area is 143 Å². The lowest BCUT2D eigenvalue weighted by Crippen LogP contribution is -2.05. The quantitative estimate of drug-likeness (QED) is 0.471. The summed E-state index contributed by atoms with van der Waals surface area (Å²) in [5, 5.41) is 6.70. The third kappa shape index (κ3) is 2.14. The number of H-pyrrole nitrogens is 2. The molecule has 3 heterocycles. The first kappa shape index (κ1) is 14.2. The highest BCUT2D eigenvalue weighted by Gasteiger charge is 2.16. The second-order valence-electron chi connectivity index (χ2n) is 5.51. The van der Waals surface area contributed by atoms with Crippen LogP contribution < -0.4 is 5.56 Å². The van der Waals surface area contributed by atoms with Crippen LogP contribution in [0.4, 0.5) is 4.39 Å². The van der Waals surface area contributed by atoms with Gasteiger partial charge in [0.05, 0.1) is 27.5 Å². The summed E-state index contributed by atoms with van der Waals surface area (Å²) in [7, 11) is 0. The normalized spacial score (nSPS) is 11.7. The van der Waals surface area contributed by atoms with Gasteiger partial charge in [0.2, 0.25) is 0 Å². The molecule has 0 fully saturated rings. The van der Waals surface area contributed by atoms with Gasteiger partial charge in [0.15, 0.2) is 5.16 Å². The number of benzene rings is 2. The Hall–Kier alpha value is -3.13. The van der Waals surface area contributed by atoms with Gasteiger partial charge in [0, 0.05) is 22.4 Å². The molecule has 0 saturated carbocycles. The Kier molecular flexibility index (Phi) is 2.95. The molecule has 0 atom stereocenters. The molecule has 5 rings (SSSR count). The van der Waals surface area contributed by atoms with E-state index in [9.17, 15) is 9.18 Å². The van der Waals surface area contributed by atoms with E-state index in [1.54, 1.807) is 24.5 Å². The van der Waals surface area contributed by atoms with Crippen LogP contribution in [0.2, 0.25) is 0 Å². The number of imidazole rings is 1. The first-order chi connectivity index (χ1) is 12.2. The fraction of sp³-hybridized carbons (Fsp3) is 0. The predicted octanol–water partition coefficient (Wildman–Crippen LogP) is 3.84. The van der Waals surface area contributed by atoms with Gasteiger partial charge in [-0.25, -0.2) is 9.37 Å². The van der Waals surface area contributed by atoms with Gasteiger partial charge in [-0.1, -0.05) is 5.16 Å². The van der Waals surface area contributed by atoms with Gasteiger partial charge < -0.3 is 14.5 Å². The minimum Gasteiger partial charge on any atom is -0.364 e. The molecule has 0 aliphatic heterocycles. The van der Waals surface area contributed by atoms with E-state index in [-0.39, 0.29) is 5.56 Å². The molecule has 2 N–H and O–H groups in total. The number of hydrogen-bond acceptors (Lipinski definition) is 5. The van der Waals surface area contributed by atoms with Gasteiger partial charge in [-0.05, 0) is 36.0 Å². The maximum absolute atomic E-state index is 13.8. The summed E-state index contributed by atoms with van der Waals surface area (Å²) in [4.78, 5) is 23.7. The van der Waals surface area contributed by atoms with Gasteiger partial charge in [-0.15, -0.1) is 0 Å². The molecule has 6 nitrogen and oxygen atoms in total. The number of halogens is 1. The fourth-order valence-corrected chi connectivity index (χ4v) is 3.73. The number of nitrogens with zero attached hydrogens (tertiary/aromatic N) is 2. The van der Waals surface area contributed by atoms with Crippen molar-refractivity contribution in [2.24, 2.45) is 0 Å². The van der Waals surface area contributed by atoms with Crippen LogP contribution in [-0.2, 0) is 0 Å². The molecule has 0 bridgehead atoms. The molecule has 122 valence electrons. The highest BCUT2D eigenvalue weighted by atomic mass is 32.2. The van der Waals surface area contributed by atoms with Crippen molar-refractivity contribution in [1.29, 1.82) is 0 Å². The van der Waals surface area contributed by atoms with E-state index in [0.29, 0.717) is 32.2 Å². The van der Waals surface area contributed by atoms with Gasteiger partial charge in [-0.2, -0.15) is 0 Å². The molecule has 0 aliphatic rings. The summed E-state index contributed by atoms with van der Waals surface area (Å²) >= 11 is 1.36. The largest absolute Gasteiger partial charge is 0.364 e. The zero-order valence-electron chi connectivity index (χ0n) is 12.5. The maximum Gasteiger partial charge on any atom is 0.256 e. The van der Waals surface area contributed by atoms with Crippen molar-refractivity contribution in [1.82, 2.24) is 20.1 Å². The zero-order chi connectivity index (χ0) is 17.0. The third-order valence-corrected chi connectivity index (χ3v) is 4.87. The van der Waals surface area contributed by atoms with Crippen molar-refractivity contribution in [2.45, 2.75) is 10.1 Å². The van der Waals surface area contributed by atoms with Crippen molar-refractivity contribution in [3.8, 4) is 0 Å². The van der Waals surface area contributed by atoms with Crippen LogP contribution in [0.1, 0.15) is 0 Å². The fourth-order valence-electron chi connectivity index (χ4n) is 3.03. The van der Waals surface area contributed by atoms with Crippen molar-refractivity contribution >= 4 is 44.3 Å². The van der Waals surface area contributed by atoms with Crippen molar-refractivity contribution < 1.29 is 8.91 Å². The number of aromatic nitrogens is 4. The molecule has 0 amide bonds. The Balaban J connectivity index is 1.92. The smallest absolute Gasteiger partial charge is 0.256 e. The highest BCUT2D eigenvalue weighted by Crippen LogP contribution is 2.35. The Morgan fingerprint density at radius 2 is 2.08 bits per heavy atom. The third-order valence-electron chi connectivity index (χ3n) is 4.04. The number of fused-ring (bicyclic) bond motifs is 6. The molecule has 0 aliphatic carbocycles. The molecule has 8 heteroatoms. The van der Waals surface area contributed by atoms with Crippen LogP contribution in [0.15, 0.2) is 62.3 Å². The Bertz CT molecular complexity index is 1310. The number of aromatic amines is 2. The number of hydrogen-bond donors (Lipinski definition) is 2. The van der Waals surface area contributed by atoms with Crippen molar-refractivity contribution in [3.63, 3.8) is 0 Å². The van der Waals surface area contributed by atoms with Crippen LogP contribution in [0, 0.1) is 5.82 Å². The summed E-state index contributed by atoms with van der Waals surface area (Å²) in [5.41, 5.74) is 1.16. The highest BCUT2D eigenvalue weighted by molar-refractivity contribution is 7.99. The monoisotopic (exact) mass is 352 g/mol. The van der Waals surface area contributed by atoms with E-state index in [1.807, 2.05) is 0 Å². The van der Waals surface area contributed by atoms with Crippen LogP contribution in [0.25, 0.3) is 32.6 Å². The van der Waals surface area contributed by atoms with Gasteiger partial charge in [-0.3, -0.25) is 4.79 Å². The summed E-state index contributed by atoms with van der Waals surface area (Å²) in [6.45, 7) is 0. The summed E-state index contributed by atoms with van der Waals surface area (Å²) in [6.07, 6.45) is 4.69. The lowest BCUT2D eigenvalue weighted by atomic mass is 10.0. The molecule has 5 aromatic rings. The van der Waals surface area contributed by atoms with E-state index in [0.717, 1.165) is 10.4 Å². The first-order valence-corrected chi connectivity index (χ1v) is 8.22. The standard InChI is InChI=1S/C17H9FN4O2S/c18-8-1-2-10-12(5-8)13-11(3-4-19-16(13)23)15-14(10)21-17(22-15)25-9-6-20-24-7-9/h1-7H,(H,19,23)(H,21,22). The van der Waals surface area contributed by atoms with E-state index < -0.39 is 5.82 Å². The number of rotatable bonds is 2. The molecular formula is C17H9FN4O2S. The van der Waals surface area contributed by atoms with Crippen molar-refractivity contribution in [3.05, 3.63) is 59.1 Å². The van der Waals surface area contributed by atoms with E-state index in [1.165, 1.54) is 30.2 Å². The molecule has 0 saturated heterocycles. The van der Waals surface area contributed by atoms with E-state index in [4.69, 9.17) is 4.52 Å². The van der Waals surface area contributed by atoms with E-state index >= 15 is 0 Å². The summed E-state index contributed by atoms with van der Waals surface area (Å²) in [5.74, 6) is -0.397. The zero-order valence-corrected chi connectivity index (χ0v) is 13.4. The van der Waals surface area contributed by atoms with Crippen LogP contribution >= 0.6 is 11.8 Å². The summed E-state index contributed by atoms with van der Waals surface area (Å²) < 4.78 is 18.6. The number of nitrogens with one attached hydrogen (secondary N) is 2. The molecule has 0 radical (unpaired) electrons. The van der Waals surface area contributed by atoms with Gasteiger partial charge in [0.25, 0.3) is 5.56 Å². The van der Waals surface area contributed by atoms with Crippen LogP contribution in [0.5, 0.6) is 0 Å². The molecule has 25 heavy (non-hydrogen) atoms. The van der Waals surface area contributed by atoms with Crippen LogP contribution in [0.3, 0.4) is 0 Å². The average Bonchev–Trinajstić information content (AvgIpc) is 3.25. The SMILES string of the molecule is O=c1[nH]ccc2c3[nH]c(Sc4cnoc4)nc3c3ccc(F)cc3c12. The average molecular weight is 352 g/mol. The second kappa shape index (κ2) is 5.18. The molecule has 0 unspecified atom stereocenters. The predicted molar refractivity (Wildman–Crippen MR) is 92.3 cm³/mol. The maximum atomic E-state index is 13.8. The second-order valence-corrected chi connectivity index (χ2v) is 6.58. The minimum absolute atomic E-state index is 0.266. The van der Waals surface area contributed by atoms with Gasteiger partial charge in [0.1, 0.15) is 12.1 Å². The Morgan fingerprint density at radius 3 is 2.92 bits per heavy atom. The number of pyridine rings is 1. The Morgan fingerprint density at radius 1 is 1.16 bits per heavy atom. The first-order valence-electron chi connectivity index (χ1n) is 7.40. The molecule has 2 aromatic carbocycles. The summed E-state index contributed by atoms with van der Waals surface area (Å²) in [6, 6.07) is 6.17.